The van der Waals surface area contributed by atoms with E-state index in [4.69, 9.17) is 0 Å². The molecule has 1 N–H and O–H groups in total. The van der Waals surface area contributed by atoms with Crippen LogP contribution in [0.4, 0.5) is 4.39 Å². The van der Waals surface area contributed by atoms with Gasteiger partial charge in [0.1, 0.15) is 5.82 Å². The van der Waals surface area contributed by atoms with Gasteiger partial charge in [0.05, 0.1) is 23.0 Å². The summed E-state index contributed by atoms with van der Waals surface area (Å²) in [4.78, 5) is 34.1. The van der Waals surface area contributed by atoms with Crippen LogP contribution in [0.1, 0.15) is 67.4 Å². The van der Waals surface area contributed by atoms with Gasteiger partial charge in [-0.15, -0.1) is 0 Å². The number of carbonyl (C=O) groups excluding carboxylic acids is 2. The third-order valence-corrected chi connectivity index (χ3v) is 9.38. The summed E-state index contributed by atoms with van der Waals surface area (Å²) in [6, 6.07) is 4.48. The molecule has 1 aliphatic carbocycles. The summed E-state index contributed by atoms with van der Waals surface area (Å²) >= 11 is 0. The van der Waals surface area contributed by atoms with Gasteiger partial charge in [-0.2, -0.15) is 0 Å². The van der Waals surface area contributed by atoms with Crippen LogP contribution in [0.5, 0.6) is 0 Å². The minimum atomic E-state index is -0.423. The Balaban J connectivity index is 1.35. The number of benzene rings is 1. The molecule has 2 aromatic heterocycles. The molecule has 3 heterocycles. The number of hydrogen-bond donors (Lipinski definition) is 1. The zero-order chi connectivity index (χ0) is 29.3. The van der Waals surface area contributed by atoms with E-state index in [1.807, 2.05) is 30.8 Å². The first-order chi connectivity index (χ1) is 19.7. The van der Waals surface area contributed by atoms with E-state index in [2.05, 4.69) is 28.3 Å². The molecule has 1 aliphatic heterocycles. The summed E-state index contributed by atoms with van der Waals surface area (Å²) in [6.45, 7) is 9.29. The molecular formula is C33H44FN5O2. The number of pyridine rings is 1. The maximum Gasteiger partial charge on any atom is 0.256 e. The lowest BCUT2D eigenvalue weighted by Gasteiger charge is -2.30. The maximum absolute atomic E-state index is 14.4. The third-order valence-electron chi connectivity index (χ3n) is 9.38. The molecule has 0 radical (unpaired) electrons. The third kappa shape index (κ3) is 6.17. The van der Waals surface area contributed by atoms with Crippen molar-refractivity contribution in [1.82, 2.24) is 24.7 Å². The lowest BCUT2D eigenvalue weighted by molar-refractivity contribution is -0.125. The van der Waals surface area contributed by atoms with Crippen LogP contribution in [0.3, 0.4) is 0 Å². The van der Waals surface area contributed by atoms with Crippen molar-refractivity contribution in [2.45, 2.75) is 65.3 Å². The van der Waals surface area contributed by atoms with Crippen LogP contribution in [0, 0.1) is 30.5 Å². The summed E-state index contributed by atoms with van der Waals surface area (Å²) in [7, 11) is 3.49. The van der Waals surface area contributed by atoms with Gasteiger partial charge in [0.15, 0.2) is 0 Å². The van der Waals surface area contributed by atoms with Gasteiger partial charge in [-0.1, -0.05) is 0 Å². The molecule has 1 saturated carbocycles. The van der Waals surface area contributed by atoms with Gasteiger partial charge in [-0.3, -0.25) is 14.6 Å². The van der Waals surface area contributed by atoms with Crippen LogP contribution in [-0.4, -0.2) is 70.9 Å². The summed E-state index contributed by atoms with van der Waals surface area (Å²) in [5.74, 6) is 0.968. The summed E-state index contributed by atoms with van der Waals surface area (Å²) in [5.41, 5.74) is 4.32. The number of fused-ring (bicyclic) bond motifs is 1. The van der Waals surface area contributed by atoms with Gasteiger partial charge in [0.2, 0.25) is 5.91 Å². The lowest BCUT2D eigenvalue weighted by Crippen LogP contribution is -2.34. The first-order valence-corrected chi connectivity index (χ1v) is 15.1. The van der Waals surface area contributed by atoms with Gasteiger partial charge < -0.3 is 19.7 Å². The van der Waals surface area contributed by atoms with E-state index in [0.29, 0.717) is 23.1 Å². The smallest absolute Gasteiger partial charge is 0.256 e. The number of halogens is 1. The first-order valence-electron chi connectivity index (χ1n) is 15.1. The molecule has 2 fully saturated rings. The fourth-order valence-electron chi connectivity index (χ4n) is 6.84. The predicted molar refractivity (Wildman–Crippen MR) is 161 cm³/mol. The van der Waals surface area contributed by atoms with E-state index in [9.17, 15) is 14.0 Å². The van der Waals surface area contributed by atoms with E-state index in [-0.39, 0.29) is 23.8 Å². The van der Waals surface area contributed by atoms with Crippen LogP contribution >= 0.6 is 0 Å². The van der Waals surface area contributed by atoms with E-state index >= 15 is 0 Å². The van der Waals surface area contributed by atoms with Crippen molar-refractivity contribution in [3.05, 3.63) is 59.3 Å². The maximum atomic E-state index is 14.4. The number of nitrogens with one attached hydrogen (secondary N) is 1. The Bertz CT molecular complexity index is 1410. The molecular weight excluding hydrogens is 517 g/mol. The summed E-state index contributed by atoms with van der Waals surface area (Å²) in [6.07, 6.45) is 12.2. The van der Waals surface area contributed by atoms with Crippen LogP contribution in [0.2, 0.25) is 0 Å². The first kappa shape index (κ1) is 29.2. The topological polar surface area (TPSA) is 70.5 Å². The zero-order valence-electron chi connectivity index (χ0n) is 25.1. The Labute approximate surface area is 243 Å². The highest BCUT2D eigenvalue weighted by Gasteiger charge is 2.30. The fraction of sp³-hybridized carbons (Fsp3) is 0.545. The number of hydrogen-bond acceptors (Lipinski definition) is 4. The number of amides is 2. The van der Waals surface area contributed by atoms with Gasteiger partial charge in [0, 0.05) is 56.9 Å². The van der Waals surface area contributed by atoms with Crippen molar-refractivity contribution in [2.24, 2.45) is 17.8 Å². The van der Waals surface area contributed by atoms with Crippen LogP contribution in [0.25, 0.3) is 16.6 Å². The van der Waals surface area contributed by atoms with Crippen LogP contribution in [-0.2, 0) is 11.2 Å². The molecule has 220 valence electrons. The minimum Gasteiger partial charge on any atom is -0.359 e. The van der Waals surface area contributed by atoms with Crippen molar-refractivity contribution in [3.8, 4) is 5.69 Å². The predicted octanol–water partition coefficient (Wildman–Crippen LogP) is 5.37. The molecule has 0 spiro atoms. The molecule has 3 aromatic rings. The summed E-state index contributed by atoms with van der Waals surface area (Å²) in [5, 5.41) is 3.98. The standard InChI is InChI=1S/C33H44FN5O2/c1-21(2)37(5)33(41)28-15-27(34)10-11-29(28)39-20-26(31-22(3)16-36-17-30(31)39)14-24-12-13-38(19-24)18-23-6-8-25(9-7-23)32(40)35-4/h10-11,15-17,20-21,23-25H,6-9,12-14,18-19H2,1-5H3,(H,35,40)/t23-,24-,25+/m0/s1. The van der Waals surface area contributed by atoms with Gasteiger partial charge >= 0.3 is 0 Å². The number of rotatable bonds is 8. The Morgan fingerprint density at radius 1 is 1.12 bits per heavy atom. The van der Waals surface area contributed by atoms with Gasteiger partial charge in [0.25, 0.3) is 5.91 Å². The zero-order valence-corrected chi connectivity index (χ0v) is 25.1. The van der Waals surface area contributed by atoms with E-state index in [1.165, 1.54) is 23.1 Å². The highest BCUT2D eigenvalue weighted by atomic mass is 19.1. The van der Waals surface area contributed by atoms with Crippen LogP contribution < -0.4 is 5.32 Å². The normalized spacial score (nSPS) is 21.5. The molecule has 2 aliphatic rings. The molecule has 7 nitrogen and oxygen atoms in total. The van der Waals surface area contributed by atoms with Crippen molar-refractivity contribution in [2.75, 3.05) is 33.7 Å². The van der Waals surface area contributed by atoms with Crippen molar-refractivity contribution in [3.63, 3.8) is 0 Å². The van der Waals surface area contributed by atoms with E-state index in [0.717, 1.165) is 69.2 Å². The highest BCUT2D eigenvalue weighted by molar-refractivity contribution is 5.99. The molecule has 1 aromatic carbocycles. The lowest BCUT2D eigenvalue weighted by atomic mass is 9.81. The van der Waals surface area contributed by atoms with E-state index in [1.54, 1.807) is 25.1 Å². The molecule has 41 heavy (non-hydrogen) atoms. The minimum absolute atomic E-state index is 0.00399. The number of nitrogens with zero attached hydrogens (tertiary/aromatic N) is 4. The molecule has 5 rings (SSSR count). The molecule has 0 unspecified atom stereocenters. The quantitative estimate of drug-likeness (QED) is 0.402. The van der Waals surface area contributed by atoms with Crippen molar-refractivity contribution >= 4 is 22.7 Å². The Kier molecular flexibility index (Phi) is 8.78. The summed E-state index contributed by atoms with van der Waals surface area (Å²) < 4.78 is 16.4. The average molecular weight is 562 g/mol. The van der Waals surface area contributed by atoms with E-state index < -0.39 is 5.82 Å². The second-order valence-corrected chi connectivity index (χ2v) is 12.5. The Morgan fingerprint density at radius 3 is 2.59 bits per heavy atom. The second-order valence-electron chi connectivity index (χ2n) is 12.5. The fourth-order valence-corrected chi connectivity index (χ4v) is 6.84. The Hall–Kier alpha value is -3.26. The SMILES string of the molecule is CNC(=O)[C@H]1CC[C@@H](CN2CC[C@@H](Cc3cn(-c4ccc(F)cc4C(=O)N(C)C(C)C)c4cncc(C)c34)C2)CC1. The second kappa shape index (κ2) is 12.3. The number of aromatic nitrogens is 2. The monoisotopic (exact) mass is 561 g/mol. The van der Waals surface area contributed by atoms with Crippen molar-refractivity contribution < 1.29 is 14.0 Å². The number of likely N-dealkylation sites (tertiary alicyclic amines) is 1. The highest BCUT2D eigenvalue weighted by Crippen LogP contribution is 2.34. The van der Waals surface area contributed by atoms with Gasteiger partial charge in [-0.25, -0.2) is 4.39 Å². The molecule has 2 amide bonds. The average Bonchev–Trinajstić information content (AvgIpc) is 3.57. The number of carbonyl (C=O) groups is 2. The molecule has 1 atom stereocenters. The largest absolute Gasteiger partial charge is 0.359 e. The molecule has 8 heteroatoms. The van der Waals surface area contributed by atoms with Gasteiger partial charge in [-0.05, 0) is 107 Å². The Morgan fingerprint density at radius 2 is 1.88 bits per heavy atom. The van der Waals surface area contributed by atoms with Crippen LogP contribution in [0.15, 0.2) is 36.8 Å². The molecule has 0 bridgehead atoms. The molecule has 1 saturated heterocycles. The van der Waals surface area contributed by atoms with Crippen molar-refractivity contribution in [1.29, 1.82) is 0 Å². The number of aryl methyl sites for hydroxylation is 1.